The summed E-state index contributed by atoms with van der Waals surface area (Å²) in [5.41, 5.74) is 1.04. The first kappa shape index (κ1) is 15.9. The number of aromatic nitrogens is 1. The van der Waals surface area contributed by atoms with Gasteiger partial charge in [0.05, 0.1) is 6.04 Å². The Hall–Kier alpha value is -1.13. The van der Waals surface area contributed by atoms with Crippen LogP contribution in [0, 0.1) is 0 Å². The van der Waals surface area contributed by atoms with Crippen LogP contribution in [0.3, 0.4) is 0 Å². The Labute approximate surface area is 121 Å². The molecule has 4 nitrogen and oxygen atoms in total. The summed E-state index contributed by atoms with van der Waals surface area (Å²) >= 11 is 0. The minimum Gasteiger partial charge on any atom is -0.344 e. The van der Waals surface area contributed by atoms with Crippen molar-refractivity contribution in [2.75, 3.05) is 20.1 Å². The molecular weight excluding hydrogens is 262 g/mol. The van der Waals surface area contributed by atoms with E-state index in [-0.39, 0.29) is 24.4 Å². The van der Waals surface area contributed by atoms with Crippen LogP contribution in [0.25, 0.3) is 0 Å². The molecule has 1 saturated heterocycles. The minimum absolute atomic E-state index is 0. The van der Waals surface area contributed by atoms with Gasteiger partial charge in [-0.3, -0.25) is 9.78 Å². The van der Waals surface area contributed by atoms with E-state index in [0.29, 0.717) is 0 Å². The predicted molar refractivity (Wildman–Crippen MR) is 78.5 cm³/mol. The highest BCUT2D eigenvalue weighted by Gasteiger charge is 2.23. The van der Waals surface area contributed by atoms with E-state index < -0.39 is 0 Å². The van der Waals surface area contributed by atoms with Crippen LogP contribution in [0.5, 0.6) is 0 Å². The molecule has 0 radical (unpaired) electrons. The van der Waals surface area contributed by atoms with Gasteiger partial charge in [-0.15, -0.1) is 12.4 Å². The van der Waals surface area contributed by atoms with Crippen molar-refractivity contribution in [3.05, 3.63) is 30.1 Å². The second-order valence-corrected chi connectivity index (χ2v) is 4.83. The molecule has 1 aliphatic heterocycles. The lowest BCUT2D eigenvalue weighted by Crippen LogP contribution is -2.47. The number of carbonyl (C=O) groups excluding carboxylic acids is 1. The third kappa shape index (κ3) is 4.80. The first-order valence-corrected chi connectivity index (χ1v) is 6.65. The highest BCUT2D eigenvalue weighted by Crippen LogP contribution is 2.09. The number of halogens is 1. The summed E-state index contributed by atoms with van der Waals surface area (Å²) in [5, 5.41) is 3.29. The largest absolute Gasteiger partial charge is 0.344 e. The summed E-state index contributed by atoms with van der Waals surface area (Å²) in [6, 6.07) is 5.90. The Morgan fingerprint density at radius 2 is 2.32 bits per heavy atom. The van der Waals surface area contributed by atoms with Crippen molar-refractivity contribution in [3.63, 3.8) is 0 Å². The van der Waals surface area contributed by atoms with Crippen LogP contribution < -0.4 is 5.32 Å². The second kappa shape index (κ2) is 8.12. The molecule has 2 rings (SSSR count). The number of nitrogens with one attached hydrogen (secondary N) is 1. The zero-order chi connectivity index (χ0) is 12.8. The van der Waals surface area contributed by atoms with Gasteiger partial charge < -0.3 is 10.2 Å². The monoisotopic (exact) mass is 283 g/mol. The number of nitrogens with zero attached hydrogens (tertiary/aromatic N) is 2. The van der Waals surface area contributed by atoms with Gasteiger partial charge in [0.2, 0.25) is 5.91 Å². The summed E-state index contributed by atoms with van der Waals surface area (Å²) in [7, 11) is 1.88. The molecule has 1 amide bonds. The molecule has 1 atom stereocenters. The summed E-state index contributed by atoms with van der Waals surface area (Å²) < 4.78 is 0. The van der Waals surface area contributed by atoms with Crippen molar-refractivity contribution >= 4 is 18.3 Å². The molecule has 0 aliphatic carbocycles. The van der Waals surface area contributed by atoms with Crippen molar-refractivity contribution < 1.29 is 4.79 Å². The Morgan fingerprint density at radius 1 is 1.47 bits per heavy atom. The molecular formula is C14H22ClN3O. The van der Waals surface area contributed by atoms with Gasteiger partial charge in [0.1, 0.15) is 0 Å². The van der Waals surface area contributed by atoms with E-state index >= 15 is 0 Å². The van der Waals surface area contributed by atoms with E-state index in [1.54, 1.807) is 6.20 Å². The van der Waals surface area contributed by atoms with E-state index in [1.165, 1.54) is 6.42 Å². The average Bonchev–Trinajstić information content (AvgIpc) is 2.46. The zero-order valence-electron chi connectivity index (χ0n) is 11.3. The predicted octanol–water partition coefficient (Wildman–Crippen LogP) is 1.65. The fourth-order valence-electron chi connectivity index (χ4n) is 2.27. The number of hydrogen-bond acceptors (Lipinski definition) is 3. The first-order chi connectivity index (χ1) is 8.77. The summed E-state index contributed by atoms with van der Waals surface area (Å²) in [5.74, 6) is 0.214. The van der Waals surface area contributed by atoms with Crippen molar-refractivity contribution in [1.29, 1.82) is 0 Å². The Morgan fingerprint density at radius 3 is 2.95 bits per heavy atom. The minimum atomic E-state index is 0. The van der Waals surface area contributed by atoms with Gasteiger partial charge in [-0.05, 0) is 31.5 Å². The van der Waals surface area contributed by atoms with Gasteiger partial charge >= 0.3 is 0 Å². The summed E-state index contributed by atoms with van der Waals surface area (Å²) in [6.45, 7) is 1.69. The second-order valence-electron chi connectivity index (χ2n) is 4.83. The molecule has 0 unspecified atom stereocenters. The van der Waals surface area contributed by atoms with E-state index in [0.717, 1.165) is 38.0 Å². The Kier molecular flexibility index (Phi) is 6.81. The normalized spacial score (nSPS) is 18.5. The fraction of sp³-hybridized carbons (Fsp3) is 0.571. The van der Waals surface area contributed by atoms with E-state index in [9.17, 15) is 4.79 Å². The number of carbonyl (C=O) groups is 1. The number of hydrogen-bond donors (Lipinski definition) is 1. The summed E-state index contributed by atoms with van der Waals surface area (Å²) in [4.78, 5) is 18.2. The highest BCUT2D eigenvalue weighted by molar-refractivity contribution is 5.85. The maximum absolute atomic E-state index is 12.2. The van der Waals surface area contributed by atoms with Crippen LogP contribution in [-0.4, -0.2) is 42.0 Å². The molecule has 0 saturated carbocycles. The topological polar surface area (TPSA) is 45.2 Å². The number of piperidine rings is 1. The van der Waals surface area contributed by atoms with Crippen molar-refractivity contribution in [2.45, 2.75) is 31.7 Å². The molecule has 0 spiro atoms. The molecule has 2 heterocycles. The Bertz CT molecular complexity index is 380. The molecule has 0 bridgehead atoms. The van der Waals surface area contributed by atoms with Crippen LogP contribution in [0.4, 0.5) is 0 Å². The van der Waals surface area contributed by atoms with Gasteiger partial charge in [0.25, 0.3) is 0 Å². The lowest BCUT2D eigenvalue weighted by atomic mass is 10.0. The molecule has 0 aromatic carbocycles. The number of amides is 1. The van der Waals surface area contributed by atoms with E-state index in [2.05, 4.69) is 10.3 Å². The molecule has 19 heavy (non-hydrogen) atoms. The van der Waals surface area contributed by atoms with Gasteiger partial charge in [-0.2, -0.15) is 0 Å². The standard InChI is InChI=1S/C14H21N3O.ClH/c1-17(11-8-12-6-2-4-9-15-12)14(18)13-7-3-5-10-16-13;/h2,4,6,9,13,16H,3,5,7-8,10-11H2,1H3;1H/t13-;/m1./s1. The van der Waals surface area contributed by atoms with E-state index in [4.69, 9.17) is 0 Å². The van der Waals surface area contributed by atoms with Crippen LogP contribution in [-0.2, 0) is 11.2 Å². The van der Waals surface area contributed by atoms with E-state index in [1.807, 2.05) is 30.1 Å². The van der Waals surface area contributed by atoms with Crippen LogP contribution in [0.15, 0.2) is 24.4 Å². The maximum Gasteiger partial charge on any atom is 0.239 e. The molecule has 1 aromatic rings. The van der Waals surface area contributed by atoms with Gasteiger partial charge in [0.15, 0.2) is 0 Å². The Balaban J connectivity index is 0.00000180. The summed E-state index contributed by atoms with van der Waals surface area (Å²) in [6.07, 6.45) is 5.90. The molecule has 1 fully saturated rings. The molecule has 1 N–H and O–H groups in total. The van der Waals surface area contributed by atoms with Crippen molar-refractivity contribution in [3.8, 4) is 0 Å². The molecule has 1 aliphatic rings. The number of likely N-dealkylation sites (N-methyl/N-ethyl adjacent to an activating group) is 1. The SMILES string of the molecule is CN(CCc1ccccn1)C(=O)[C@H]1CCCCN1.Cl. The maximum atomic E-state index is 12.2. The van der Waals surface area contributed by atoms with Gasteiger partial charge in [-0.25, -0.2) is 0 Å². The van der Waals surface area contributed by atoms with Gasteiger partial charge in [0, 0.05) is 31.9 Å². The lowest BCUT2D eigenvalue weighted by Gasteiger charge is -2.27. The molecule has 106 valence electrons. The first-order valence-electron chi connectivity index (χ1n) is 6.65. The zero-order valence-corrected chi connectivity index (χ0v) is 12.2. The van der Waals surface area contributed by atoms with Crippen molar-refractivity contribution in [2.24, 2.45) is 0 Å². The third-order valence-electron chi connectivity index (χ3n) is 3.41. The number of rotatable bonds is 4. The number of pyridine rings is 1. The van der Waals surface area contributed by atoms with Gasteiger partial charge in [-0.1, -0.05) is 12.5 Å². The third-order valence-corrected chi connectivity index (χ3v) is 3.41. The fourth-order valence-corrected chi connectivity index (χ4v) is 2.27. The molecule has 5 heteroatoms. The van der Waals surface area contributed by atoms with Crippen LogP contribution >= 0.6 is 12.4 Å². The average molecular weight is 284 g/mol. The highest BCUT2D eigenvalue weighted by atomic mass is 35.5. The molecule has 1 aromatic heterocycles. The van der Waals surface area contributed by atoms with Crippen LogP contribution in [0.2, 0.25) is 0 Å². The quantitative estimate of drug-likeness (QED) is 0.914. The lowest BCUT2D eigenvalue weighted by molar-refractivity contribution is -0.132. The van der Waals surface area contributed by atoms with Crippen LogP contribution in [0.1, 0.15) is 25.0 Å². The smallest absolute Gasteiger partial charge is 0.239 e. The van der Waals surface area contributed by atoms with Crippen molar-refractivity contribution in [1.82, 2.24) is 15.2 Å².